The molecule has 0 rings (SSSR count). The van der Waals surface area contributed by atoms with Crippen LogP contribution in [-0.4, -0.2) is 6.04 Å². The van der Waals surface area contributed by atoms with Crippen molar-refractivity contribution in [1.29, 1.82) is 5.26 Å². The van der Waals surface area contributed by atoms with Crippen molar-refractivity contribution in [3.63, 3.8) is 0 Å². The van der Waals surface area contributed by atoms with Crippen molar-refractivity contribution in [3.8, 4) is 6.07 Å². The Labute approximate surface area is 43.9 Å². The lowest BCUT2D eigenvalue weighted by molar-refractivity contribution is 0.580. The van der Waals surface area contributed by atoms with Crippen LogP contribution in [0, 0.1) is 17.2 Å². The van der Waals surface area contributed by atoms with Crippen LogP contribution in [0.3, 0.4) is 0 Å². The molecule has 0 aliphatic rings. The predicted molar refractivity (Wildman–Crippen MR) is 28.4 cm³/mol. The van der Waals surface area contributed by atoms with E-state index in [4.69, 9.17) is 11.0 Å². The minimum Gasteiger partial charge on any atom is -0.316 e. The number of rotatable bonds is 1. The quantitative estimate of drug-likeness (QED) is 0.519. The maximum Gasteiger partial charge on any atom is 0.0951 e. The first kappa shape index (κ1) is 6.45. The van der Waals surface area contributed by atoms with Crippen molar-refractivity contribution in [2.24, 2.45) is 11.7 Å². The fourth-order valence-corrected chi connectivity index (χ4v) is 0.149. The molecule has 0 amide bonds. The van der Waals surface area contributed by atoms with E-state index >= 15 is 0 Å². The lowest BCUT2D eigenvalue weighted by Crippen LogP contribution is -2.23. The van der Waals surface area contributed by atoms with Gasteiger partial charge in [0.15, 0.2) is 0 Å². The third-order valence-electron chi connectivity index (χ3n) is 0.867. The number of nitrogens with two attached hydrogens (primary N) is 1. The Morgan fingerprint density at radius 2 is 2.00 bits per heavy atom. The SMILES string of the molecule is CC(C)C(N)C#N. The van der Waals surface area contributed by atoms with Gasteiger partial charge in [-0.15, -0.1) is 0 Å². The van der Waals surface area contributed by atoms with Crippen LogP contribution in [0.15, 0.2) is 0 Å². The highest BCUT2D eigenvalue weighted by Gasteiger charge is 2.02. The summed E-state index contributed by atoms with van der Waals surface area (Å²) in [6.45, 7) is 3.85. The van der Waals surface area contributed by atoms with Crippen LogP contribution >= 0.6 is 0 Å². The van der Waals surface area contributed by atoms with Gasteiger partial charge in [-0.05, 0) is 5.92 Å². The predicted octanol–water partition coefficient (Wildman–Crippen LogP) is 0.493. The summed E-state index contributed by atoms with van der Waals surface area (Å²) in [6, 6.07) is 1.65. The lowest BCUT2D eigenvalue weighted by atomic mass is 10.1. The molecule has 0 saturated carbocycles. The van der Waals surface area contributed by atoms with E-state index in [1.165, 1.54) is 0 Å². The van der Waals surface area contributed by atoms with Crippen LogP contribution in [0.5, 0.6) is 0 Å². The second-order valence-electron chi connectivity index (χ2n) is 1.90. The number of nitriles is 1. The van der Waals surface area contributed by atoms with E-state index in [1.54, 1.807) is 0 Å². The molecule has 0 radical (unpaired) electrons. The van der Waals surface area contributed by atoms with Crippen LogP contribution in [0.2, 0.25) is 0 Å². The van der Waals surface area contributed by atoms with Gasteiger partial charge in [-0.2, -0.15) is 5.26 Å². The van der Waals surface area contributed by atoms with Gasteiger partial charge in [-0.3, -0.25) is 0 Å². The Bertz CT molecular complexity index is 80.6. The molecule has 0 fully saturated rings. The Morgan fingerprint density at radius 1 is 1.57 bits per heavy atom. The summed E-state index contributed by atoms with van der Waals surface area (Å²) < 4.78 is 0. The second-order valence-corrected chi connectivity index (χ2v) is 1.90. The average molecular weight is 98.1 g/mol. The largest absolute Gasteiger partial charge is 0.316 e. The fourth-order valence-electron chi connectivity index (χ4n) is 0.149. The van der Waals surface area contributed by atoms with E-state index in [0.29, 0.717) is 0 Å². The van der Waals surface area contributed by atoms with Gasteiger partial charge in [0, 0.05) is 0 Å². The van der Waals surface area contributed by atoms with Gasteiger partial charge in [0.2, 0.25) is 0 Å². The number of hydrogen-bond donors (Lipinski definition) is 1. The van der Waals surface area contributed by atoms with E-state index in [9.17, 15) is 0 Å². The van der Waals surface area contributed by atoms with Gasteiger partial charge in [0.25, 0.3) is 0 Å². The topological polar surface area (TPSA) is 49.8 Å². The van der Waals surface area contributed by atoms with Crippen molar-refractivity contribution in [1.82, 2.24) is 0 Å². The van der Waals surface area contributed by atoms with Crippen molar-refractivity contribution in [2.75, 3.05) is 0 Å². The molecule has 0 aliphatic carbocycles. The first-order valence-corrected chi connectivity index (χ1v) is 2.33. The Morgan fingerprint density at radius 3 is 2.00 bits per heavy atom. The molecule has 2 nitrogen and oxygen atoms in total. The van der Waals surface area contributed by atoms with Crippen LogP contribution < -0.4 is 5.73 Å². The summed E-state index contributed by atoms with van der Waals surface area (Å²) in [4.78, 5) is 0. The van der Waals surface area contributed by atoms with Crippen LogP contribution in [-0.2, 0) is 0 Å². The molecule has 40 valence electrons. The molecule has 7 heavy (non-hydrogen) atoms. The van der Waals surface area contributed by atoms with Crippen LogP contribution in [0.1, 0.15) is 13.8 Å². The molecule has 0 aliphatic heterocycles. The minimum atomic E-state index is -0.292. The van der Waals surface area contributed by atoms with Crippen LogP contribution in [0.4, 0.5) is 0 Å². The maximum absolute atomic E-state index is 8.13. The Hall–Kier alpha value is -0.550. The van der Waals surface area contributed by atoms with Gasteiger partial charge in [0.05, 0.1) is 12.1 Å². The zero-order valence-corrected chi connectivity index (χ0v) is 4.68. The smallest absolute Gasteiger partial charge is 0.0951 e. The highest BCUT2D eigenvalue weighted by Crippen LogP contribution is 1.93. The number of nitrogens with zero attached hydrogens (tertiary/aromatic N) is 1. The van der Waals surface area contributed by atoms with E-state index in [1.807, 2.05) is 19.9 Å². The van der Waals surface area contributed by atoms with Crippen molar-refractivity contribution in [3.05, 3.63) is 0 Å². The monoisotopic (exact) mass is 98.1 g/mol. The third kappa shape index (κ3) is 2.18. The minimum absolute atomic E-state index is 0.282. The van der Waals surface area contributed by atoms with Gasteiger partial charge in [-0.1, -0.05) is 13.8 Å². The fraction of sp³-hybridized carbons (Fsp3) is 0.800. The molecule has 2 N–H and O–H groups in total. The highest BCUT2D eigenvalue weighted by atomic mass is 14.6. The van der Waals surface area contributed by atoms with E-state index in [0.717, 1.165) is 0 Å². The van der Waals surface area contributed by atoms with Crippen molar-refractivity contribution >= 4 is 0 Å². The normalized spacial score (nSPS) is 13.6. The molecular formula is C5H10N2. The van der Waals surface area contributed by atoms with Crippen molar-refractivity contribution < 1.29 is 0 Å². The average Bonchev–Trinajstić information content (AvgIpc) is 1.65. The first-order valence-electron chi connectivity index (χ1n) is 2.33. The Kier molecular flexibility index (Phi) is 2.39. The first-order chi connectivity index (χ1) is 3.18. The summed E-state index contributed by atoms with van der Waals surface area (Å²) in [5.41, 5.74) is 5.25. The summed E-state index contributed by atoms with van der Waals surface area (Å²) in [5.74, 6) is 0.282. The van der Waals surface area contributed by atoms with E-state index in [-0.39, 0.29) is 12.0 Å². The molecule has 0 aromatic carbocycles. The third-order valence-corrected chi connectivity index (χ3v) is 0.867. The number of hydrogen-bond acceptors (Lipinski definition) is 2. The maximum atomic E-state index is 8.13. The van der Waals surface area contributed by atoms with Gasteiger partial charge in [0.1, 0.15) is 0 Å². The molecule has 1 atom stereocenters. The Balaban J connectivity index is 3.40. The molecule has 0 bridgehead atoms. The second kappa shape index (κ2) is 2.59. The highest BCUT2D eigenvalue weighted by molar-refractivity contribution is 4.88. The molecule has 0 heterocycles. The molecular weight excluding hydrogens is 88.1 g/mol. The molecule has 0 aromatic heterocycles. The van der Waals surface area contributed by atoms with E-state index in [2.05, 4.69) is 0 Å². The van der Waals surface area contributed by atoms with Crippen molar-refractivity contribution in [2.45, 2.75) is 19.9 Å². The van der Waals surface area contributed by atoms with Gasteiger partial charge in [-0.25, -0.2) is 0 Å². The summed E-state index contributed by atoms with van der Waals surface area (Å²) in [7, 11) is 0. The zero-order chi connectivity index (χ0) is 5.86. The van der Waals surface area contributed by atoms with Gasteiger partial charge >= 0.3 is 0 Å². The lowest BCUT2D eigenvalue weighted by Gasteiger charge is -2.02. The molecule has 2 heteroatoms. The standard InChI is InChI=1S/C5H10N2/c1-4(2)5(7)3-6/h4-5H,7H2,1-2H3. The zero-order valence-electron chi connectivity index (χ0n) is 4.68. The van der Waals surface area contributed by atoms with Crippen LogP contribution in [0.25, 0.3) is 0 Å². The summed E-state index contributed by atoms with van der Waals surface area (Å²) in [6.07, 6.45) is 0. The molecule has 0 saturated heterocycles. The summed E-state index contributed by atoms with van der Waals surface area (Å²) in [5, 5.41) is 8.13. The van der Waals surface area contributed by atoms with Gasteiger partial charge < -0.3 is 5.73 Å². The molecule has 0 spiro atoms. The summed E-state index contributed by atoms with van der Waals surface area (Å²) >= 11 is 0. The molecule has 0 aromatic rings. The van der Waals surface area contributed by atoms with E-state index < -0.39 is 0 Å². The molecule has 1 unspecified atom stereocenters.